The Balaban J connectivity index is 2.02. The Kier molecular flexibility index (Phi) is 3.31. The van der Waals surface area contributed by atoms with Gasteiger partial charge in [0.2, 0.25) is 0 Å². The summed E-state index contributed by atoms with van der Waals surface area (Å²) in [7, 11) is 1.89. The highest BCUT2D eigenvalue weighted by molar-refractivity contribution is 5.94. The third-order valence-corrected chi connectivity index (χ3v) is 3.17. The first-order valence-corrected chi connectivity index (χ1v) is 6.51. The van der Waals surface area contributed by atoms with Crippen molar-refractivity contribution in [2.24, 2.45) is 7.05 Å². The molecule has 0 aliphatic rings. The van der Waals surface area contributed by atoms with Gasteiger partial charge in [-0.05, 0) is 29.3 Å². The van der Waals surface area contributed by atoms with Gasteiger partial charge < -0.3 is 9.84 Å². The molecule has 1 heterocycles. The minimum Gasteiger partial charge on any atom is -0.482 e. The van der Waals surface area contributed by atoms with Crippen molar-refractivity contribution >= 4 is 16.9 Å². The summed E-state index contributed by atoms with van der Waals surface area (Å²) in [4.78, 5) is 10.6. The molecule has 21 heavy (non-hydrogen) atoms. The number of aryl methyl sites for hydroxylation is 1. The molecule has 5 nitrogen and oxygen atoms in total. The lowest BCUT2D eigenvalue weighted by molar-refractivity contribution is -0.139. The van der Waals surface area contributed by atoms with E-state index in [4.69, 9.17) is 9.84 Å². The molecule has 5 heteroatoms. The number of benzene rings is 2. The maximum atomic E-state index is 10.6. The first-order valence-electron chi connectivity index (χ1n) is 6.51. The van der Waals surface area contributed by atoms with Gasteiger partial charge in [0.05, 0.1) is 5.52 Å². The van der Waals surface area contributed by atoms with Crippen LogP contribution in [0.2, 0.25) is 0 Å². The summed E-state index contributed by atoms with van der Waals surface area (Å²) < 4.78 is 7.00. The molecule has 0 unspecified atom stereocenters. The van der Waals surface area contributed by atoms with Crippen LogP contribution in [0.3, 0.4) is 0 Å². The van der Waals surface area contributed by atoms with Gasteiger partial charge in [-0.3, -0.25) is 4.68 Å². The fraction of sp³-hybridized carbons (Fsp3) is 0.125. The molecule has 0 saturated heterocycles. The summed E-state index contributed by atoms with van der Waals surface area (Å²) in [6, 6.07) is 13.3. The van der Waals surface area contributed by atoms with E-state index in [1.54, 1.807) is 10.7 Å². The Morgan fingerprint density at radius 2 is 2.10 bits per heavy atom. The van der Waals surface area contributed by atoms with Gasteiger partial charge >= 0.3 is 5.97 Å². The van der Waals surface area contributed by atoms with Crippen LogP contribution >= 0.6 is 0 Å². The predicted octanol–water partition coefficient (Wildman–Crippen LogP) is 2.70. The van der Waals surface area contributed by atoms with Crippen molar-refractivity contribution in [1.82, 2.24) is 9.78 Å². The van der Waals surface area contributed by atoms with Gasteiger partial charge in [-0.15, -0.1) is 0 Å². The number of carbonyl (C=O) groups is 1. The molecule has 0 aliphatic heterocycles. The number of rotatable bonds is 4. The Morgan fingerprint density at radius 3 is 2.90 bits per heavy atom. The van der Waals surface area contributed by atoms with Gasteiger partial charge in [-0.1, -0.05) is 24.3 Å². The molecule has 0 bridgehead atoms. The summed E-state index contributed by atoms with van der Waals surface area (Å²) >= 11 is 0. The predicted molar refractivity (Wildman–Crippen MR) is 79.3 cm³/mol. The van der Waals surface area contributed by atoms with Crippen molar-refractivity contribution in [3.63, 3.8) is 0 Å². The first-order chi connectivity index (χ1) is 10.1. The standard InChI is InChI=1S/C16H14N2O3/c1-18-9-14-13(6-3-7-15(14)17-18)11-4-2-5-12(8-11)21-10-16(19)20/h2-9H,10H2,1H3,(H,19,20). The number of hydrogen-bond donors (Lipinski definition) is 1. The van der Waals surface area contributed by atoms with E-state index in [0.29, 0.717) is 5.75 Å². The summed E-state index contributed by atoms with van der Waals surface area (Å²) in [6.07, 6.45) is 1.97. The molecule has 2 aromatic carbocycles. The average molecular weight is 282 g/mol. The number of nitrogens with zero attached hydrogens (tertiary/aromatic N) is 2. The van der Waals surface area contributed by atoms with Crippen molar-refractivity contribution < 1.29 is 14.6 Å². The Hall–Kier alpha value is -2.82. The third kappa shape index (κ3) is 2.72. The van der Waals surface area contributed by atoms with Crippen LogP contribution in [0.15, 0.2) is 48.7 Å². The van der Waals surface area contributed by atoms with Crippen LogP contribution in [-0.2, 0) is 11.8 Å². The maximum absolute atomic E-state index is 10.6. The van der Waals surface area contributed by atoms with Crippen molar-refractivity contribution in [2.45, 2.75) is 0 Å². The Bertz CT molecular complexity index is 808. The van der Waals surface area contributed by atoms with Gasteiger partial charge in [0, 0.05) is 18.6 Å². The number of ether oxygens (including phenoxy) is 1. The quantitative estimate of drug-likeness (QED) is 0.799. The van der Waals surface area contributed by atoms with Crippen molar-refractivity contribution in [2.75, 3.05) is 6.61 Å². The number of aromatic nitrogens is 2. The van der Waals surface area contributed by atoms with Crippen molar-refractivity contribution in [3.05, 3.63) is 48.7 Å². The molecule has 0 fully saturated rings. The van der Waals surface area contributed by atoms with E-state index in [0.717, 1.165) is 22.0 Å². The SMILES string of the molecule is Cn1cc2c(-c3cccc(OCC(=O)O)c3)cccc2n1. The average Bonchev–Trinajstić information content (AvgIpc) is 2.85. The minimum atomic E-state index is -0.991. The molecule has 106 valence electrons. The zero-order valence-corrected chi connectivity index (χ0v) is 11.5. The van der Waals surface area contributed by atoms with E-state index in [9.17, 15) is 4.79 Å². The van der Waals surface area contributed by atoms with Crippen LogP contribution in [-0.4, -0.2) is 27.5 Å². The molecule has 1 aromatic heterocycles. The molecule has 0 spiro atoms. The van der Waals surface area contributed by atoms with E-state index in [1.807, 2.05) is 49.6 Å². The molecule has 0 radical (unpaired) electrons. The number of carboxylic acid groups (broad SMARTS) is 1. The summed E-state index contributed by atoms with van der Waals surface area (Å²) in [6.45, 7) is -0.347. The van der Waals surface area contributed by atoms with E-state index in [2.05, 4.69) is 5.10 Å². The lowest BCUT2D eigenvalue weighted by Gasteiger charge is -2.07. The summed E-state index contributed by atoms with van der Waals surface area (Å²) in [5, 5.41) is 14.1. The molecule has 0 atom stereocenters. The molecule has 0 aliphatic carbocycles. The second-order valence-electron chi connectivity index (χ2n) is 4.75. The Labute approximate surface area is 121 Å². The lowest BCUT2D eigenvalue weighted by Crippen LogP contribution is -2.09. The van der Waals surface area contributed by atoms with Crippen LogP contribution in [0.1, 0.15) is 0 Å². The van der Waals surface area contributed by atoms with Gasteiger partial charge in [0.15, 0.2) is 6.61 Å². The largest absolute Gasteiger partial charge is 0.482 e. The molecule has 0 amide bonds. The van der Waals surface area contributed by atoms with Gasteiger partial charge in [-0.2, -0.15) is 5.10 Å². The molecule has 1 N–H and O–H groups in total. The van der Waals surface area contributed by atoms with Gasteiger partial charge in [0.1, 0.15) is 5.75 Å². The molecule has 3 aromatic rings. The highest BCUT2D eigenvalue weighted by Gasteiger charge is 2.08. The topological polar surface area (TPSA) is 64.3 Å². The minimum absolute atomic E-state index is 0.347. The number of carboxylic acids is 1. The maximum Gasteiger partial charge on any atom is 0.341 e. The number of fused-ring (bicyclic) bond motifs is 1. The highest BCUT2D eigenvalue weighted by atomic mass is 16.5. The van der Waals surface area contributed by atoms with E-state index in [-0.39, 0.29) is 6.61 Å². The molecular weight excluding hydrogens is 268 g/mol. The first kappa shape index (κ1) is 13.2. The van der Waals surface area contributed by atoms with E-state index >= 15 is 0 Å². The normalized spacial score (nSPS) is 10.7. The smallest absolute Gasteiger partial charge is 0.341 e. The zero-order chi connectivity index (χ0) is 14.8. The van der Waals surface area contributed by atoms with Gasteiger partial charge in [0.25, 0.3) is 0 Å². The Morgan fingerprint density at radius 1 is 1.29 bits per heavy atom. The van der Waals surface area contributed by atoms with Crippen LogP contribution in [0, 0.1) is 0 Å². The third-order valence-electron chi connectivity index (χ3n) is 3.17. The monoisotopic (exact) mass is 282 g/mol. The molecule has 0 saturated carbocycles. The van der Waals surface area contributed by atoms with Crippen molar-refractivity contribution in [3.8, 4) is 16.9 Å². The van der Waals surface area contributed by atoms with Crippen LogP contribution < -0.4 is 4.74 Å². The second kappa shape index (κ2) is 5.28. The van der Waals surface area contributed by atoms with Crippen LogP contribution in [0.25, 0.3) is 22.0 Å². The van der Waals surface area contributed by atoms with Crippen molar-refractivity contribution in [1.29, 1.82) is 0 Å². The fourth-order valence-electron chi connectivity index (χ4n) is 2.31. The van der Waals surface area contributed by atoms with E-state index < -0.39 is 5.97 Å². The summed E-state index contributed by atoms with van der Waals surface area (Å²) in [5.41, 5.74) is 2.93. The number of aliphatic carboxylic acids is 1. The lowest BCUT2D eigenvalue weighted by atomic mass is 10.0. The van der Waals surface area contributed by atoms with Gasteiger partial charge in [-0.25, -0.2) is 4.79 Å². The molecular formula is C16H14N2O3. The van der Waals surface area contributed by atoms with Crippen LogP contribution in [0.5, 0.6) is 5.75 Å². The highest BCUT2D eigenvalue weighted by Crippen LogP contribution is 2.30. The zero-order valence-electron chi connectivity index (χ0n) is 11.5. The number of hydrogen-bond acceptors (Lipinski definition) is 3. The fourth-order valence-corrected chi connectivity index (χ4v) is 2.31. The molecule has 3 rings (SSSR count). The summed E-state index contributed by atoms with van der Waals surface area (Å²) in [5.74, 6) is -0.453. The van der Waals surface area contributed by atoms with Crippen LogP contribution in [0.4, 0.5) is 0 Å². The van der Waals surface area contributed by atoms with E-state index in [1.165, 1.54) is 0 Å². The second-order valence-corrected chi connectivity index (χ2v) is 4.75.